The van der Waals surface area contributed by atoms with E-state index in [1.807, 2.05) is 0 Å². The van der Waals surface area contributed by atoms with Crippen molar-refractivity contribution in [1.29, 1.82) is 0 Å². The third-order valence-corrected chi connectivity index (χ3v) is 3.26. The molecule has 0 saturated carbocycles. The van der Waals surface area contributed by atoms with E-state index in [4.69, 9.17) is 0 Å². The van der Waals surface area contributed by atoms with E-state index in [2.05, 4.69) is 17.6 Å². The molecule has 1 rings (SSSR count). The minimum Gasteiger partial charge on any atom is -0.347 e. The van der Waals surface area contributed by atoms with Crippen molar-refractivity contribution in [2.45, 2.75) is 45.4 Å². The maximum Gasteiger partial charge on any atom is 0.243 e. The third kappa shape index (κ3) is 6.71. The summed E-state index contributed by atoms with van der Waals surface area (Å²) < 4.78 is 39.1. The molecule has 2 N–H and O–H groups in total. The van der Waals surface area contributed by atoms with Crippen LogP contribution in [0.15, 0.2) is 12.1 Å². The van der Waals surface area contributed by atoms with Crippen LogP contribution < -0.4 is 10.6 Å². The average Bonchev–Trinajstić information content (AvgIpc) is 2.53. The van der Waals surface area contributed by atoms with Crippen molar-refractivity contribution >= 4 is 17.5 Å². The normalized spacial score (nSPS) is 10.4. The minimum atomic E-state index is -1.65. The van der Waals surface area contributed by atoms with E-state index in [0.29, 0.717) is 12.5 Å². The molecular weight excluding hydrogens is 309 g/mol. The topological polar surface area (TPSA) is 58.2 Å². The van der Waals surface area contributed by atoms with Crippen molar-refractivity contribution in [2.75, 3.05) is 11.9 Å². The number of nitrogens with one attached hydrogen (secondary N) is 2. The minimum absolute atomic E-state index is 0.276. The van der Waals surface area contributed by atoms with Crippen LogP contribution >= 0.6 is 0 Å². The largest absolute Gasteiger partial charge is 0.347 e. The van der Waals surface area contributed by atoms with Crippen LogP contribution in [0.4, 0.5) is 18.9 Å². The quantitative estimate of drug-likeness (QED) is 0.538. The van der Waals surface area contributed by atoms with Gasteiger partial charge in [-0.3, -0.25) is 9.59 Å². The fraction of sp³-hybridized carbons (Fsp3) is 0.500. The first-order valence-corrected chi connectivity index (χ1v) is 7.65. The van der Waals surface area contributed by atoms with Gasteiger partial charge < -0.3 is 10.6 Å². The molecule has 0 aromatic heterocycles. The Labute approximate surface area is 133 Å². The Morgan fingerprint density at radius 1 is 0.957 bits per heavy atom. The molecule has 0 spiro atoms. The van der Waals surface area contributed by atoms with E-state index in [1.54, 1.807) is 0 Å². The van der Waals surface area contributed by atoms with Crippen LogP contribution in [0.3, 0.4) is 0 Å². The standard InChI is InChI=1S/C16H21F3N2O2/c1-2-3-4-5-6-7-13(22)20-10-14(23)21-12-9-8-11(17)15(18)16(12)19/h8-9H,2-7,10H2,1H3,(H,20,22)(H,21,23). The van der Waals surface area contributed by atoms with Crippen molar-refractivity contribution in [1.82, 2.24) is 5.32 Å². The maximum atomic E-state index is 13.4. The molecular formula is C16H21F3N2O2. The van der Waals surface area contributed by atoms with E-state index in [0.717, 1.165) is 38.2 Å². The molecule has 0 radical (unpaired) electrons. The SMILES string of the molecule is CCCCCCCC(=O)NCC(=O)Nc1ccc(F)c(F)c1F. The summed E-state index contributed by atoms with van der Waals surface area (Å²) in [5.74, 6) is -5.45. The van der Waals surface area contributed by atoms with Crippen molar-refractivity contribution < 1.29 is 22.8 Å². The molecule has 4 nitrogen and oxygen atoms in total. The van der Waals surface area contributed by atoms with Crippen molar-refractivity contribution in [3.63, 3.8) is 0 Å². The molecule has 7 heteroatoms. The lowest BCUT2D eigenvalue weighted by molar-refractivity contribution is -0.124. The summed E-state index contributed by atoms with van der Waals surface area (Å²) in [7, 11) is 0. The van der Waals surface area contributed by atoms with Crippen molar-refractivity contribution in [3.05, 3.63) is 29.6 Å². The van der Waals surface area contributed by atoms with Gasteiger partial charge in [0.2, 0.25) is 11.8 Å². The van der Waals surface area contributed by atoms with E-state index in [9.17, 15) is 22.8 Å². The lowest BCUT2D eigenvalue weighted by Gasteiger charge is -2.08. The molecule has 0 bridgehead atoms. The first kappa shape index (κ1) is 19.0. The number of carbonyl (C=O) groups is 2. The van der Waals surface area contributed by atoms with Gasteiger partial charge in [-0.05, 0) is 18.6 Å². The Morgan fingerprint density at radius 2 is 1.65 bits per heavy atom. The van der Waals surface area contributed by atoms with Gasteiger partial charge in [0, 0.05) is 6.42 Å². The predicted octanol–water partition coefficient (Wildman–Crippen LogP) is 3.52. The summed E-state index contributed by atoms with van der Waals surface area (Å²) >= 11 is 0. The number of amides is 2. The summed E-state index contributed by atoms with van der Waals surface area (Å²) in [6.45, 7) is 1.74. The molecule has 0 saturated heterocycles. The molecule has 0 aliphatic heterocycles. The Morgan fingerprint density at radius 3 is 2.35 bits per heavy atom. The van der Waals surface area contributed by atoms with Crippen LogP contribution in [0.1, 0.15) is 45.4 Å². The fourth-order valence-electron chi connectivity index (χ4n) is 1.97. The van der Waals surface area contributed by atoms with Crippen molar-refractivity contribution in [3.8, 4) is 0 Å². The van der Waals surface area contributed by atoms with E-state index >= 15 is 0 Å². The van der Waals surface area contributed by atoms with Gasteiger partial charge in [0.05, 0.1) is 12.2 Å². The predicted molar refractivity (Wildman–Crippen MR) is 81.3 cm³/mol. The van der Waals surface area contributed by atoms with Gasteiger partial charge in [-0.25, -0.2) is 13.2 Å². The Bertz CT molecular complexity index is 550. The van der Waals surface area contributed by atoms with Gasteiger partial charge in [-0.2, -0.15) is 0 Å². The van der Waals surface area contributed by atoms with Crippen molar-refractivity contribution in [2.24, 2.45) is 0 Å². The number of rotatable bonds is 9. The van der Waals surface area contributed by atoms with Crippen LogP contribution in [0.2, 0.25) is 0 Å². The van der Waals surface area contributed by atoms with Crippen LogP contribution in [0, 0.1) is 17.5 Å². The number of anilines is 1. The van der Waals surface area contributed by atoms with Crippen LogP contribution in [-0.2, 0) is 9.59 Å². The van der Waals surface area contributed by atoms with E-state index < -0.39 is 29.0 Å². The molecule has 128 valence electrons. The third-order valence-electron chi connectivity index (χ3n) is 3.26. The lowest BCUT2D eigenvalue weighted by Crippen LogP contribution is -2.32. The Hall–Kier alpha value is -2.05. The summed E-state index contributed by atoms with van der Waals surface area (Å²) in [4.78, 5) is 23.1. The zero-order valence-electron chi connectivity index (χ0n) is 13.1. The number of halogens is 3. The number of hydrogen-bond acceptors (Lipinski definition) is 2. The summed E-state index contributed by atoms with van der Waals surface area (Å²) in [5.41, 5.74) is -0.470. The highest BCUT2D eigenvalue weighted by atomic mass is 19.2. The molecule has 0 atom stereocenters. The highest BCUT2D eigenvalue weighted by molar-refractivity contribution is 5.94. The molecule has 0 aliphatic rings. The second-order valence-corrected chi connectivity index (χ2v) is 5.21. The average molecular weight is 330 g/mol. The fourth-order valence-corrected chi connectivity index (χ4v) is 1.97. The van der Waals surface area contributed by atoms with Gasteiger partial charge in [0.25, 0.3) is 0 Å². The lowest BCUT2D eigenvalue weighted by atomic mass is 10.1. The van der Waals surface area contributed by atoms with Gasteiger partial charge in [0.15, 0.2) is 17.5 Å². The van der Waals surface area contributed by atoms with Gasteiger partial charge in [0.1, 0.15) is 0 Å². The molecule has 23 heavy (non-hydrogen) atoms. The van der Waals surface area contributed by atoms with Crippen LogP contribution in [0.25, 0.3) is 0 Å². The highest BCUT2D eigenvalue weighted by Crippen LogP contribution is 2.19. The molecule has 1 aromatic carbocycles. The molecule has 2 amide bonds. The first-order chi connectivity index (χ1) is 11.0. The van der Waals surface area contributed by atoms with Gasteiger partial charge in [-0.15, -0.1) is 0 Å². The smallest absolute Gasteiger partial charge is 0.243 e. The van der Waals surface area contributed by atoms with E-state index in [1.165, 1.54) is 0 Å². The zero-order valence-corrected chi connectivity index (χ0v) is 13.1. The second-order valence-electron chi connectivity index (χ2n) is 5.21. The van der Waals surface area contributed by atoms with Gasteiger partial charge in [-0.1, -0.05) is 32.6 Å². The summed E-state index contributed by atoms with van der Waals surface area (Å²) in [5, 5.41) is 4.48. The summed E-state index contributed by atoms with van der Waals surface area (Å²) in [6.07, 6.45) is 5.33. The monoisotopic (exact) mass is 330 g/mol. The van der Waals surface area contributed by atoms with Crippen LogP contribution in [-0.4, -0.2) is 18.4 Å². The number of benzene rings is 1. The Kier molecular flexibility index (Phi) is 8.15. The highest BCUT2D eigenvalue weighted by Gasteiger charge is 2.15. The van der Waals surface area contributed by atoms with Gasteiger partial charge >= 0.3 is 0 Å². The van der Waals surface area contributed by atoms with E-state index in [-0.39, 0.29) is 12.5 Å². The zero-order chi connectivity index (χ0) is 17.2. The molecule has 0 unspecified atom stereocenters. The maximum absolute atomic E-state index is 13.4. The first-order valence-electron chi connectivity index (χ1n) is 7.65. The Balaban J connectivity index is 2.32. The molecule has 1 aromatic rings. The number of hydrogen-bond donors (Lipinski definition) is 2. The number of unbranched alkanes of at least 4 members (excludes halogenated alkanes) is 4. The van der Waals surface area contributed by atoms with Crippen LogP contribution in [0.5, 0.6) is 0 Å². The summed E-state index contributed by atoms with van der Waals surface area (Å²) in [6, 6.07) is 1.63. The molecule has 0 aliphatic carbocycles. The molecule has 0 heterocycles. The second kappa shape index (κ2) is 9.86. The number of carbonyl (C=O) groups excluding carboxylic acids is 2. The molecule has 0 fully saturated rings.